The van der Waals surface area contributed by atoms with Crippen LogP contribution >= 0.6 is 11.8 Å². The number of aliphatic hydroxyl groups is 1. The van der Waals surface area contributed by atoms with Crippen molar-refractivity contribution >= 4 is 29.6 Å². The summed E-state index contributed by atoms with van der Waals surface area (Å²) >= 11 is 1.21. The molecule has 0 saturated carbocycles. The number of carbonyl (C=O) groups excluding carboxylic acids is 1. The van der Waals surface area contributed by atoms with Crippen molar-refractivity contribution < 1.29 is 36.6 Å². The second-order valence-electron chi connectivity index (χ2n) is 7.34. The van der Waals surface area contributed by atoms with Gasteiger partial charge in [0.05, 0.1) is 12.1 Å². The van der Waals surface area contributed by atoms with Gasteiger partial charge in [0, 0.05) is 24.3 Å². The number of amides is 1. The highest BCUT2D eigenvalue weighted by Crippen LogP contribution is 2.21. The first-order valence-electron chi connectivity index (χ1n) is 13.6. The second kappa shape index (κ2) is 21.2. The number of allylic oxidation sites excluding steroid dienone is 7. The van der Waals surface area contributed by atoms with Gasteiger partial charge >= 0.3 is 11.9 Å². The van der Waals surface area contributed by atoms with Gasteiger partial charge in [-0.25, -0.2) is 0 Å². The summed E-state index contributed by atoms with van der Waals surface area (Å²) in [7, 11) is 0. The highest BCUT2D eigenvalue weighted by atomic mass is 32.2. The first-order valence-corrected chi connectivity index (χ1v) is 12.1. The molecule has 0 fully saturated rings. The molecule has 0 aromatic heterocycles. The van der Waals surface area contributed by atoms with Crippen LogP contribution in [0.4, 0.5) is 0 Å². The van der Waals surface area contributed by atoms with E-state index >= 15 is 0 Å². The van der Waals surface area contributed by atoms with Crippen LogP contribution in [0.3, 0.4) is 0 Å². The van der Waals surface area contributed by atoms with Crippen molar-refractivity contribution in [2.45, 2.75) is 75.6 Å². The Labute approximate surface area is 214 Å². The minimum Gasteiger partial charge on any atom is -0.481 e. The first-order chi connectivity index (χ1) is 18.2. The fourth-order valence-electron chi connectivity index (χ4n) is 2.57. The predicted molar refractivity (Wildman–Crippen MR) is 138 cm³/mol. The summed E-state index contributed by atoms with van der Waals surface area (Å²) in [5, 5.41) is 29.7. The summed E-state index contributed by atoms with van der Waals surface area (Å²) in [5.74, 6) is -2.65. The van der Waals surface area contributed by atoms with E-state index in [1.165, 1.54) is 11.8 Å². The Hall–Kier alpha value is -2.36. The fraction of sp³-hybridized carbons (Fsp3) is 0.560. The summed E-state index contributed by atoms with van der Waals surface area (Å²) in [5.41, 5.74) is 5.81. The standard InChI is InChI=1S/C25H40N2O6S/c1-2-3-4-5-6-7-8-9-10-11-12-13-16-22(21(28)15-14-17-23(29)30)34-19-20(26)25(33)27-18-24(31)32/h6-7,9-13,16,20-22,28H,2-5,8,14-15,17-19,26H2,1H3,(H,27,33)(H,29,30)(H,31,32)/b7-6-,10-9-,12-11+,16-13+/t20-,21-,22+/m0/s1/i1D3,2D2. The van der Waals surface area contributed by atoms with E-state index in [4.69, 9.17) is 22.8 Å². The van der Waals surface area contributed by atoms with Gasteiger partial charge in [-0.05, 0) is 32.1 Å². The molecule has 0 spiro atoms. The van der Waals surface area contributed by atoms with Crippen LogP contribution in [-0.2, 0) is 14.4 Å². The highest BCUT2D eigenvalue weighted by Gasteiger charge is 2.21. The number of rotatable bonds is 20. The van der Waals surface area contributed by atoms with E-state index < -0.39 is 55.0 Å². The lowest BCUT2D eigenvalue weighted by Gasteiger charge is -2.21. The SMILES string of the molecule is [2H]C([2H])([2H])C([2H])([2H])CCC/C=C\C\C=C/C=C/C=C/[C@@H](SC[C@H](N)C(=O)NCC(=O)O)[C@@H](O)CCCC(=O)O. The Bertz CT molecular complexity index is 878. The Morgan fingerprint density at radius 3 is 2.53 bits per heavy atom. The van der Waals surface area contributed by atoms with E-state index in [0.29, 0.717) is 19.3 Å². The van der Waals surface area contributed by atoms with Gasteiger partial charge in [-0.2, -0.15) is 0 Å². The average Bonchev–Trinajstić information content (AvgIpc) is 2.83. The molecular formula is C25H40N2O6S. The van der Waals surface area contributed by atoms with Crippen LogP contribution in [0.25, 0.3) is 0 Å². The number of carboxylic acid groups (broad SMARTS) is 2. The van der Waals surface area contributed by atoms with E-state index in [1.54, 1.807) is 24.3 Å². The monoisotopic (exact) mass is 501 g/mol. The minimum atomic E-state index is -2.62. The smallest absolute Gasteiger partial charge is 0.322 e. The third-order valence-electron chi connectivity index (χ3n) is 4.37. The van der Waals surface area contributed by atoms with Crippen molar-refractivity contribution in [1.82, 2.24) is 5.32 Å². The van der Waals surface area contributed by atoms with Gasteiger partial charge in [0.1, 0.15) is 6.54 Å². The largest absolute Gasteiger partial charge is 0.481 e. The molecule has 0 aliphatic rings. The Balaban J connectivity index is 4.70. The second-order valence-corrected chi connectivity index (χ2v) is 8.55. The molecule has 0 aromatic rings. The molecule has 34 heavy (non-hydrogen) atoms. The van der Waals surface area contributed by atoms with Gasteiger partial charge in [0.15, 0.2) is 0 Å². The molecule has 0 aromatic carbocycles. The molecule has 3 atom stereocenters. The van der Waals surface area contributed by atoms with E-state index in [2.05, 4.69) is 5.32 Å². The molecule has 192 valence electrons. The van der Waals surface area contributed by atoms with Crippen LogP contribution in [0.2, 0.25) is 0 Å². The van der Waals surface area contributed by atoms with Crippen LogP contribution in [0, 0.1) is 0 Å². The topological polar surface area (TPSA) is 150 Å². The van der Waals surface area contributed by atoms with Crippen molar-refractivity contribution in [2.75, 3.05) is 12.3 Å². The van der Waals surface area contributed by atoms with Crippen LogP contribution in [-0.4, -0.2) is 62.9 Å². The maximum Gasteiger partial charge on any atom is 0.322 e. The maximum atomic E-state index is 11.9. The summed E-state index contributed by atoms with van der Waals surface area (Å²) < 4.78 is 36.7. The van der Waals surface area contributed by atoms with Gasteiger partial charge in [0.25, 0.3) is 0 Å². The Morgan fingerprint density at radius 1 is 1.06 bits per heavy atom. The number of unbranched alkanes of at least 4 members (excludes halogenated alkanes) is 1. The lowest BCUT2D eigenvalue weighted by molar-refractivity contribution is -0.138. The minimum absolute atomic E-state index is 0.0316. The molecule has 6 N–H and O–H groups in total. The number of aliphatic hydroxyl groups excluding tert-OH is 1. The van der Waals surface area contributed by atoms with Crippen LogP contribution in [0.15, 0.2) is 48.6 Å². The van der Waals surface area contributed by atoms with Crippen molar-refractivity contribution in [2.24, 2.45) is 5.73 Å². The summed E-state index contributed by atoms with van der Waals surface area (Å²) in [4.78, 5) is 33.2. The zero-order valence-corrected chi connectivity index (χ0v) is 20.1. The summed E-state index contributed by atoms with van der Waals surface area (Å²) in [6.07, 6.45) is 13.5. The molecular weight excluding hydrogens is 456 g/mol. The molecule has 0 radical (unpaired) electrons. The number of hydrogen-bond acceptors (Lipinski definition) is 6. The number of nitrogens with one attached hydrogen (secondary N) is 1. The summed E-state index contributed by atoms with van der Waals surface area (Å²) in [6.45, 7) is -3.16. The van der Waals surface area contributed by atoms with Gasteiger partial charge in [0.2, 0.25) is 5.91 Å². The molecule has 1 amide bonds. The van der Waals surface area contributed by atoms with Gasteiger partial charge in [-0.3, -0.25) is 14.4 Å². The molecule has 0 aliphatic heterocycles. The first kappa shape index (κ1) is 23.4. The van der Waals surface area contributed by atoms with Crippen LogP contribution in [0.1, 0.15) is 65.0 Å². The van der Waals surface area contributed by atoms with Crippen LogP contribution < -0.4 is 11.1 Å². The van der Waals surface area contributed by atoms with E-state index in [9.17, 15) is 19.5 Å². The molecule has 8 nitrogen and oxygen atoms in total. The van der Waals surface area contributed by atoms with Gasteiger partial charge in [-0.1, -0.05) is 68.3 Å². The van der Waals surface area contributed by atoms with Crippen molar-refractivity contribution in [3.05, 3.63) is 48.6 Å². The Kier molecular flexibility index (Phi) is 14.6. The molecule has 0 bridgehead atoms. The third kappa shape index (κ3) is 19.1. The lowest BCUT2D eigenvalue weighted by Crippen LogP contribution is -2.44. The van der Waals surface area contributed by atoms with E-state index in [-0.39, 0.29) is 31.4 Å². The highest BCUT2D eigenvalue weighted by molar-refractivity contribution is 8.00. The lowest BCUT2D eigenvalue weighted by atomic mass is 10.1. The quantitative estimate of drug-likeness (QED) is 0.0967. The summed E-state index contributed by atoms with van der Waals surface area (Å²) in [6, 6.07) is -0.981. The van der Waals surface area contributed by atoms with Gasteiger partial charge < -0.3 is 26.4 Å². The number of nitrogens with two attached hydrogens (primary N) is 1. The van der Waals surface area contributed by atoms with E-state index in [1.807, 2.05) is 24.3 Å². The maximum absolute atomic E-state index is 11.9. The zero-order chi connectivity index (χ0) is 29.9. The number of aliphatic carboxylic acids is 2. The van der Waals surface area contributed by atoms with Crippen molar-refractivity contribution in [1.29, 1.82) is 0 Å². The normalized spacial score (nSPS) is 17.8. The number of carbonyl (C=O) groups is 3. The molecule has 0 heterocycles. The van der Waals surface area contributed by atoms with E-state index in [0.717, 1.165) is 0 Å². The van der Waals surface area contributed by atoms with Crippen molar-refractivity contribution in [3.8, 4) is 0 Å². The zero-order valence-electron chi connectivity index (χ0n) is 24.3. The molecule has 0 rings (SSSR count). The van der Waals surface area contributed by atoms with Gasteiger partial charge in [-0.15, -0.1) is 11.8 Å². The molecule has 0 aliphatic carbocycles. The van der Waals surface area contributed by atoms with Crippen molar-refractivity contribution in [3.63, 3.8) is 0 Å². The fourth-order valence-corrected chi connectivity index (χ4v) is 3.71. The number of thioether (sulfide) groups is 1. The number of hydrogen-bond donors (Lipinski definition) is 5. The molecule has 9 heteroatoms. The Morgan fingerprint density at radius 2 is 1.82 bits per heavy atom. The third-order valence-corrected chi connectivity index (χ3v) is 5.78. The average molecular weight is 502 g/mol. The van der Waals surface area contributed by atoms with Crippen LogP contribution in [0.5, 0.6) is 0 Å². The molecule has 0 saturated heterocycles. The predicted octanol–water partition coefficient (Wildman–Crippen LogP) is 3.43. The number of carboxylic acids is 2. The molecule has 0 unspecified atom stereocenters.